The van der Waals surface area contributed by atoms with Gasteiger partial charge in [-0.15, -0.1) is 24.0 Å². The van der Waals surface area contributed by atoms with Crippen molar-refractivity contribution in [1.29, 1.82) is 0 Å². The predicted octanol–water partition coefficient (Wildman–Crippen LogP) is 2.81. The first-order chi connectivity index (χ1) is 14.8. The van der Waals surface area contributed by atoms with Crippen molar-refractivity contribution in [3.63, 3.8) is 0 Å². The second-order valence-corrected chi connectivity index (χ2v) is 10.5. The van der Waals surface area contributed by atoms with Crippen LogP contribution < -0.4 is 10.6 Å². The maximum atomic E-state index is 12.8. The van der Waals surface area contributed by atoms with Crippen molar-refractivity contribution in [2.24, 2.45) is 40.0 Å². The van der Waals surface area contributed by atoms with Crippen LogP contribution in [0.3, 0.4) is 0 Å². The third kappa shape index (κ3) is 5.00. The van der Waals surface area contributed by atoms with E-state index in [-0.39, 0.29) is 71.0 Å². The van der Waals surface area contributed by atoms with Gasteiger partial charge in [0.05, 0.1) is 17.9 Å². The van der Waals surface area contributed by atoms with Crippen LogP contribution in [0.4, 0.5) is 0 Å². The number of guanidine groups is 1. The summed E-state index contributed by atoms with van der Waals surface area (Å²) in [4.78, 5) is 32.0. The number of nitrogens with one attached hydrogen (secondary N) is 2. The Morgan fingerprint density at radius 3 is 2.41 bits per heavy atom. The highest BCUT2D eigenvalue weighted by atomic mass is 127. The van der Waals surface area contributed by atoms with E-state index >= 15 is 0 Å². The van der Waals surface area contributed by atoms with Crippen molar-refractivity contribution in [3.8, 4) is 0 Å². The molecule has 6 atom stereocenters. The molecule has 180 valence electrons. The highest BCUT2D eigenvalue weighted by Crippen LogP contribution is 2.52. The minimum atomic E-state index is -0.120. The topological polar surface area (TPSA) is 83.0 Å². The van der Waals surface area contributed by atoms with Gasteiger partial charge in [0.2, 0.25) is 11.8 Å². The summed E-state index contributed by atoms with van der Waals surface area (Å²) in [5, 5.41) is 6.61. The lowest BCUT2D eigenvalue weighted by Crippen LogP contribution is -2.45. The molecule has 2 N–H and O–H groups in total. The Hall–Kier alpha value is -1.16. The molecule has 2 amide bonds. The molecule has 0 spiro atoms. The van der Waals surface area contributed by atoms with Crippen molar-refractivity contribution in [2.45, 2.75) is 53.1 Å². The molecule has 2 bridgehead atoms. The zero-order valence-electron chi connectivity index (χ0n) is 19.8. The molecular formula is C24H39IN4O3. The molecule has 0 aromatic heterocycles. The number of hydrogen-bond acceptors (Lipinski definition) is 4. The van der Waals surface area contributed by atoms with Gasteiger partial charge in [-0.05, 0) is 43.4 Å². The molecule has 3 fully saturated rings. The number of hydrogen-bond donors (Lipinski definition) is 2. The molecule has 0 aromatic carbocycles. The van der Waals surface area contributed by atoms with Crippen LogP contribution in [0, 0.1) is 35.0 Å². The number of nitrogens with zero attached hydrogens (tertiary/aromatic N) is 2. The molecule has 2 aliphatic heterocycles. The molecule has 4 aliphatic rings. The first-order valence-corrected chi connectivity index (χ1v) is 12.0. The zero-order chi connectivity index (χ0) is 22.2. The van der Waals surface area contributed by atoms with E-state index in [9.17, 15) is 9.59 Å². The number of fused-ring (bicyclic) bond motifs is 5. The second kappa shape index (κ2) is 10.4. The second-order valence-electron chi connectivity index (χ2n) is 10.5. The predicted molar refractivity (Wildman–Crippen MR) is 136 cm³/mol. The normalized spacial score (nSPS) is 34.0. The number of ether oxygens (including phenoxy) is 1. The van der Waals surface area contributed by atoms with E-state index in [1.54, 1.807) is 0 Å². The van der Waals surface area contributed by atoms with Crippen molar-refractivity contribution in [1.82, 2.24) is 15.5 Å². The van der Waals surface area contributed by atoms with Crippen LogP contribution >= 0.6 is 24.0 Å². The number of likely N-dealkylation sites (tertiary alicyclic amines) is 1. The average molecular weight is 559 g/mol. The van der Waals surface area contributed by atoms with Gasteiger partial charge in [-0.1, -0.05) is 32.9 Å². The summed E-state index contributed by atoms with van der Waals surface area (Å²) in [7, 11) is 0. The van der Waals surface area contributed by atoms with E-state index in [0.717, 1.165) is 38.4 Å². The SMILES string of the molecule is CCNC(=NCC1CCCOC1C(C)(C)C)NCCN1C(=O)C2C3C=CC(C3)C2C1=O.I. The first kappa shape index (κ1) is 25.5. The Balaban J connectivity index is 0.00000289. The Morgan fingerprint density at radius 1 is 1.16 bits per heavy atom. The summed E-state index contributed by atoms with van der Waals surface area (Å²) in [5.41, 5.74) is 0.0925. The first-order valence-electron chi connectivity index (χ1n) is 12.0. The lowest BCUT2D eigenvalue weighted by Gasteiger charge is -2.39. The van der Waals surface area contributed by atoms with Crippen molar-refractivity contribution >= 4 is 41.8 Å². The van der Waals surface area contributed by atoms with E-state index in [0.29, 0.717) is 25.6 Å². The number of halogens is 1. The summed E-state index contributed by atoms with van der Waals surface area (Å²) in [6.45, 7) is 11.9. The van der Waals surface area contributed by atoms with E-state index in [1.165, 1.54) is 4.90 Å². The zero-order valence-corrected chi connectivity index (χ0v) is 22.1. The Labute approximate surface area is 209 Å². The standard InChI is InChI=1S/C24H38N4O3.HI/c1-5-25-23(27-14-17-7-6-12-31-20(17)24(2,3)4)26-10-11-28-21(29)18-15-8-9-16(13-15)19(18)22(28)30;/h8-9,15-20H,5-7,10-14H2,1-4H3,(H2,25,26,27);1H. The quantitative estimate of drug-likeness (QED) is 0.172. The highest BCUT2D eigenvalue weighted by Gasteiger charge is 2.58. The summed E-state index contributed by atoms with van der Waals surface area (Å²) < 4.78 is 6.08. The maximum absolute atomic E-state index is 12.8. The average Bonchev–Trinajstić information content (AvgIpc) is 3.41. The van der Waals surface area contributed by atoms with E-state index < -0.39 is 0 Å². The molecule has 0 aromatic rings. The van der Waals surface area contributed by atoms with Crippen LogP contribution in [0.1, 0.15) is 47.0 Å². The summed E-state index contributed by atoms with van der Waals surface area (Å²) in [6.07, 6.45) is 7.64. The number of aliphatic imine (C=N–C) groups is 1. The summed E-state index contributed by atoms with van der Waals surface area (Å²) >= 11 is 0. The van der Waals surface area contributed by atoms with Gasteiger partial charge in [0.1, 0.15) is 0 Å². The molecule has 2 heterocycles. The van der Waals surface area contributed by atoms with Gasteiger partial charge in [0.25, 0.3) is 0 Å². The lowest BCUT2D eigenvalue weighted by atomic mass is 9.78. The van der Waals surface area contributed by atoms with Gasteiger partial charge in [0.15, 0.2) is 5.96 Å². The van der Waals surface area contributed by atoms with E-state index in [1.807, 2.05) is 6.92 Å². The molecule has 2 saturated heterocycles. The number of imide groups is 1. The number of carbonyl (C=O) groups excluding carboxylic acids is 2. The van der Waals surface area contributed by atoms with E-state index in [2.05, 4.69) is 43.6 Å². The van der Waals surface area contributed by atoms with Crippen molar-refractivity contribution in [3.05, 3.63) is 12.2 Å². The fourth-order valence-corrected chi connectivity index (χ4v) is 6.01. The van der Waals surface area contributed by atoms with Crippen LogP contribution in [-0.4, -0.2) is 61.6 Å². The molecule has 6 unspecified atom stereocenters. The van der Waals surface area contributed by atoms with Gasteiger partial charge in [-0.3, -0.25) is 19.5 Å². The molecule has 2 aliphatic carbocycles. The van der Waals surface area contributed by atoms with Crippen LogP contribution in [0.25, 0.3) is 0 Å². The number of amides is 2. The fraction of sp³-hybridized carbons (Fsp3) is 0.792. The molecule has 0 radical (unpaired) electrons. The van der Waals surface area contributed by atoms with Crippen molar-refractivity contribution < 1.29 is 14.3 Å². The summed E-state index contributed by atoms with van der Waals surface area (Å²) in [5.74, 6) is 1.45. The minimum Gasteiger partial charge on any atom is -0.377 e. The Bertz CT molecular complexity index is 733. The Kier molecular flexibility index (Phi) is 8.28. The largest absolute Gasteiger partial charge is 0.377 e. The molecular weight excluding hydrogens is 519 g/mol. The summed E-state index contributed by atoms with van der Waals surface area (Å²) in [6, 6.07) is 0. The maximum Gasteiger partial charge on any atom is 0.233 e. The van der Waals surface area contributed by atoms with Gasteiger partial charge >= 0.3 is 0 Å². The number of rotatable bonds is 6. The minimum absolute atomic E-state index is 0. The highest BCUT2D eigenvalue weighted by molar-refractivity contribution is 14.0. The molecule has 4 rings (SSSR count). The van der Waals surface area contributed by atoms with Gasteiger partial charge < -0.3 is 15.4 Å². The molecule has 8 heteroatoms. The van der Waals surface area contributed by atoms with Gasteiger partial charge in [0, 0.05) is 38.7 Å². The number of allylic oxidation sites excluding steroid dienone is 2. The van der Waals surface area contributed by atoms with Crippen LogP contribution in [0.2, 0.25) is 0 Å². The molecule has 7 nitrogen and oxygen atoms in total. The van der Waals surface area contributed by atoms with Crippen molar-refractivity contribution in [2.75, 3.05) is 32.8 Å². The lowest BCUT2D eigenvalue weighted by molar-refractivity contribution is -0.140. The molecule has 32 heavy (non-hydrogen) atoms. The Morgan fingerprint density at radius 2 is 1.81 bits per heavy atom. The number of carbonyl (C=O) groups is 2. The monoisotopic (exact) mass is 558 g/mol. The smallest absolute Gasteiger partial charge is 0.233 e. The van der Waals surface area contributed by atoms with Gasteiger partial charge in [-0.2, -0.15) is 0 Å². The van der Waals surface area contributed by atoms with E-state index in [4.69, 9.17) is 9.73 Å². The third-order valence-corrected chi connectivity index (χ3v) is 7.32. The fourth-order valence-electron chi connectivity index (χ4n) is 6.01. The van der Waals surface area contributed by atoms with Gasteiger partial charge in [-0.25, -0.2) is 0 Å². The third-order valence-electron chi connectivity index (χ3n) is 7.32. The van der Waals surface area contributed by atoms with Crippen LogP contribution in [-0.2, 0) is 14.3 Å². The van der Waals surface area contributed by atoms with Crippen LogP contribution in [0.5, 0.6) is 0 Å². The molecule has 1 saturated carbocycles. The van der Waals surface area contributed by atoms with Crippen LogP contribution in [0.15, 0.2) is 17.1 Å².